The monoisotopic (exact) mass is 345 g/mol. The number of carboxylic acids is 1. The Morgan fingerprint density at radius 1 is 1.28 bits per heavy atom. The number of hydrogen-bond acceptors (Lipinski definition) is 5. The third kappa shape index (κ3) is 3.76. The number of hydrogen-bond donors (Lipinski definition) is 2. The molecular formula is C16H19N5O4. The zero-order chi connectivity index (χ0) is 17.8. The van der Waals surface area contributed by atoms with Gasteiger partial charge >= 0.3 is 11.7 Å². The number of fused-ring (bicyclic) bond motifs is 1. The van der Waals surface area contributed by atoms with E-state index in [2.05, 4.69) is 15.4 Å². The fourth-order valence-corrected chi connectivity index (χ4v) is 2.78. The summed E-state index contributed by atoms with van der Waals surface area (Å²) < 4.78 is 3.17. The highest BCUT2D eigenvalue weighted by Gasteiger charge is 2.16. The van der Waals surface area contributed by atoms with Crippen LogP contribution < -0.4 is 11.0 Å². The van der Waals surface area contributed by atoms with Crippen LogP contribution in [-0.2, 0) is 19.5 Å². The average molecular weight is 345 g/mol. The largest absolute Gasteiger partial charge is 0.477 e. The molecule has 1 amide bonds. The van der Waals surface area contributed by atoms with Crippen LogP contribution in [0.15, 0.2) is 23.1 Å². The molecule has 0 spiro atoms. The lowest BCUT2D eigenvalue weighted by molar-refractivity contribution is 0.0689. The molecule has 3 rings (SSSR count). The molecule has 0 fully saturated rings. The lowest BCUT2D eigenvalue weighted by Crippen LogP contribution is -2.29. The lowest BCUT2D eigenvalue weighted by Gasteiger charge is -2.09. The van der Waals surface area contributed by atoms with Crippen LogP contribution in [0.4, 0.5) is 0 Å². The molecular weight excluding hydrogens is 326 g/mol. The van der Waals surface area contributed by atoms with Crippen molar-refractivity contribution in [2.75, 3.05) is 6.54 Å². The molecule has 2 aromatic heterocycles. The zero-order valence-corrected chi connectivity index (χ0v) is 13.6. The number of nitrogens with one attached hydrogen (secondary N) is 1. The summed E-state index contributed by atoms with van der Waals surface area (Å²) in [5, 5.41) is 15.8. The topological polar surface area (TPSA) is 119 Å². The predicted octanol–water partition coefficient (Wildman–Crippen LogP) is 0.294. The first-order valence-electron chi connectivity index (χ1n) is 8.20. The fraction of sp³-hybridized carbons (Fsp3) is 0.438. The number of carboxylic acid groups (broad SMARTS) is 1. The van der Waals surface area contributed by atoms with E-state index in [0.29, 0.717) is 25.1 Å². The van der Waals surface area contributed by atoms with Gasteiger partial charge in [-0.15, -0.1) is 0 Å². The number of aryl methyl sites for hydroxylation is 2. The van der Waals surface area contributed by atoms with E-state index in [4.69, 9.17) is 5.11 Å². The van der Waals surface area contributed by atoms with Crippen molar-refractivity contribution >= 4 is 11.9 Å². The standard InChI is InChI=1S/C16H19N5O4/c22-14(11-5-6-12(15(23)24)18-10-11)17-7-3-9-21-16(25)20-8-2-1-4-13(20)19-21/h5-6,10H,1-4,7-9H2,(H,17,22)(H,23,24). The number of amides is 1. The normalized spacial score (nSPS) is 13.3. The Hall–Kier alpha value is -2.97. The second-order valence-electron chi connectivity index (χ2n) is 5.88. The zero-order valence-electron chi connectivity index (χ0n) is 13.6. The maximum Gasteiger partial charge on any atom is 0.354 e. The van der Waals surface area contributed by atoms with Crippen molar-refractivity contribution in [3.63, 3.8) is 0 Å². The molecule has 0 unspecified atom stereocenters. The number of carbonyl (C=O) groups is 2. The van der Waals surface area contributed by atoms with Gasteiger partial charge in [0.15, 0.2) is 0 Å². The molecule has 2 N–H and O–H groups in total. The molecule has 2 aromatic rings. The number of aromatic nitrogens is 4. The number of nitrogens with zero attached hydrogens (tertiary/aromatic N) is 4. The van der Waals surface area contributed by atoms with Gasteiger partial charge in [0.1, 0.15) is 11.5 Å². The van der Waals surface area contributed by atoms with Crippen molar-refractivity contribution < 1.29 is 14.7 Å². The summed E-state index contributed by atoms with van der Waals surface area (Å²) in [6.07, 6.45) is 4.69. The highest BCUT2D eigenvalue weighted by Crippen LogP contribution is 2.09. The van der Waals surface area contributed by atoms with Crippen LogP contribution in [0.2, 0.25) is 0 Å². The Bertz CT molecular complexity index is 837. The Morgan fingerprint density at radius 3 is 2.80 bits per heavy atom. The van der Waals surface area contributed by atoms with Crippen LogP contribution >= 0.6 is 0 Å². The highest BCUT2D eigenvalue weighted by molar-refractivity contribution is 5.94. The van der Waals surface area contributed by atoms with Gasteiger partial charge in [0.2, 0.25) is 0 Å². The molecule has 0 bridgehead atoms. The van der Waals surface area contributed by atoms with Crippen molar-refractivity contribution in [3.05, 3.63) is 45.9 Å². The maximum atomic E-state index is 12.2. The third-order valence-electron chi connectivity index (χ3n) is 4.11. The van der Waals surface area contributed by atoms with E-state index in [0.717, 1.165) is 31.6 Å². The van der Waals surface area contributed by atoms with Crippen LogP contribution in [0.3, 0.4) is 0 Å². The van der Waals surface area contributed by atoms with E-state index in [1.54, 1.807) is 4.57 Å². The second kappa shape index (κ2) is 7.29. The summed E-state index contributed by atoms with van der Waals surface area (Å²) in [6.45, 7) is 1.55. The second-order valence-corrected chi connectivity index (χ2v) is 5.88. The Kier molecular flexibility index (Phi) is 4.92. The first-order valence-corrected chi connectivity index (χ1v) is 8.20. The van der Waals surface area contributed by atoms with Gasteiger partial charge in [0, 0.05) is 32.3 Å². The molecule has 25 heavy (non-hydrogen) atoms. The summed E-state index contributed by atoms with van der Waals surface area (Å²) in [7, 11) is 0. The SMILES string of the molecule is O=C(NCCCn1nc2n(c1=O)CCCC2)c1ccc(C(=O)O)nc1. The van der Waals surface area contributed by atoms with Crippen LogP contribution in [0.25, 0.3) is 0 Å². The maximum absolute atomic E-state index is 12.2. The number of rotatable bonds is 6. The van der Waals surface area contributed by atoms with Gasteiger partial charge in [-0.1, -0.05) is 0 Å². The summed E-state index contributed by atoms with van der Waals surface area (Å²) in [4.78, 5) is 38.6. The van der Waals surface area contributed by atoms with Crippen molar-refractivity contribution in [2.24, 2.45) is 0 Å². The molecule has 0 aromatic carbocycles. The van der Waals surface area contributed by atoms with Crippen LogP contribution in [0.5, 0.6) is 0 Å². The first-order chi connectivity index (χ1) is 12.1. The van der Waals surface area contributed by atoms with Gasteiger partial charge in [-0.25, -0.2) is 19.3 Å². The van der Waals surface area contributed by atoms with Crippen LogP contribution in [0.1, 0.15) is 45.9 Å². The molecule has 132 valence electrons. The molecule has 9 heteroatoms. The molecule has 1 aliphatic rings. The molecule has 0 saturated heterocycles. The van der Waals surface area contributed by atoms with Crippen LogP contribution in [-0.4, -0.2) is 42.9 Å². The van der Waals surface area contributed by atoms with Gasteiger partial charge in [-0.3, -0.25) is 9.36 Å². The molecule has 1 aliphatic heterocycles. The predicted molar refractivity (Wildman–Crippen MR) is 87.6 cm³/mol. The fourth-order valence-electron chi connectivity index (χ4n) is 2.78. The minimum atomic E-state index is -1.14. The van der Waals surface area contributed by atoms with E-state index in [-0.39, 0.29) is 17.3 Å². The van der Waals surface area contributed by atoms with E-state index >= 15 is 0 Å². The van der Waals surface area contributed by atoms with Gasteiger partial charge in [0.25, 0.3) is 5.91 Å². The van der Waals surface area contributed by atoms with E-state index in [1.165, 1.54) is 23.0 Å². The number of carbonyl (C=O) groups excluding carboxylic acids is 1. The number of aromatic carboxylic acids is 1. The van der Waals surface area contributed by atoms with Crippen molar-refractivity contribution in [1.82, 2.24) is 24.6 Å². The summed E-state index contributed by atoms with van der Waals surface area (Å²) in [5.74, 6) is -0.633. The molecule has 0 radical (unpaired) electrons. The Balaban J connectivity index is 1.50. The van der Waals surface area contributed by atoms with Crippen molar-refractivity contribution in [3.8, 4) is 0 Å². The summed E-state index contributed by atoms with van der Waals surface area (Å²) in [6, 6.07) is 2.70. The minimum Gasteiger partial charge on any atom is -0.477 e. The Morgan fingerprint density at radius 2 is 2.12 bits per heavy atom. The van der Waals surface area contributed by atoms with E-state index in [9.17, 15) is 14.4 Å². The first kappa shape index (κ1) is 16.9. The van der Waals surface area contributed by atoms with Gasteiger partial charge in [-0.05, 0) is 31.4 Å². The van der Waals surface area contributed by atoms with E-state index < -0.39 is 5.97 Å². The third-order valence-corrected chi connectivity index (χ3v) is 4.11. The van der Waals surface area contributed by atoms with Gasteiger partial charge in [0.05, 0.1) is 5.56 Å². The highest BCUT2D eigenvalue weighted by atomic mass is 16.4. The van der Waals surface area contributed by atoms with Crippen molar-refractivity contribution in [2.45, 2.75) is 38.8 Å². The average Bonchev–Trinajstić information content (AvgIpc) is 2.95. The van der Waals surface area contributed by atoms with Gasteiger partial charge < -0.3 is 10.4 Å². The quantitative estimate of drug-likeness (QED) is 0.727. The minimum absolute atomic E-state index is 0.0884. The molecule has 3 heterocycles. The van der Waals surface area contributed by atoms with E-state index in [1.807, 2.05) is 0 Å². The lowest BCUT2D eigenvalue weighted by atomic mass is 10.2. The summed E-state index contributed by atoms with van der Waals surface area (Å²) >= 11 is 0. The molecule has 0 saturated carbocycles. The molecule has 9 nitrogen and oxygen atoms in total. The summed E-state index contributed by atoms with van der Waals surface area (Å²) in [5.41, 5.74) is 0.0915. The number of pyridine rings is 1. The van der Waals surface area contributed by atoms with Gasteiger partial charge in [-0.2, -0.15) is 5.10 Å². The molecule has 0 aliphatic carbocycles. The molecule has 0 atom stereocenters. The van der Waals surface area contributed by atoms with Crippen molar-refractivity contribution in [1.29, 1.82) is 0 Å². The Labute approximate surface area is 143 Å². The van der Waals surface area contributed by atoms with Crippen LogP contribution in [0, 0.1) is 0 Å². The smallest absolute Gasteiger partial charge is 0.354 e.